The maximum Gasteiger partial charge on any atom is 0.263 e. The number of pyridine rings is 2. The van der Waals surface area contributed by atoms with Crippen LogP contribution in [0.5, 0.6) is 0 Å². The molecule has 2 fully saturated rings. The van der Waals surface area contributed by atoms with E-state index in [1.54, 1.807) is 42.7 Å². The Morgan fingerprint density at radius 3 is 3.04 bits per heavy atom. The molecule has 0 N–H and O–H groups in total. The van der Waals surface area contributed by atoms with Gasteiger partial charge in [0.05, 0.1) is 25.4 Å². The Balaban J connectivity index is 1.55. The van der Waals surface area contributed by atoms with E-state index in [9.17, 15) is 9.59 Å². The first-order chi connectivity index (χ1) is 13.1. The summed E-state index contributed by atoms with van der Waals surface area (Å²) >= 11 is 0. The molecule has 0 radical (unpaired) electrons. The van der Waals surface area contributed by atoms with Gasteiger partial charge in [-0.1, -0.05) is 6.07 Å². The zero-order valence-corrected chi connectivity index (χ0v) is 15.3. The van der Waals surface area contributed by atoms with Crippen LogP contribution in [-0.4, -0.2) is 51.8 Å². The van der Waals surface area contributed by atoms with Crippen LogP contribution in [0.15, 0.2) is 47.7 Å². The summed E-state index contributed by atoms with van der Waals surface area (Å²) in [7, 11) is 1.65. The average molecular weight is 369 g/mol. The van der Waals surface area contributed by atoms with Crippen LogP contribution in [0.3, 0.4) is 0 Å². The van der Waals surface area contributed by atoms with E-state index in [-0.39, 0.29) is 35.3 Å². The Morgan fingerprint density at radius 1 is 1.33 bits per heavy atom. The van der Waals surface area contributed by atoms with Crippen molar-refractivity contribution in [2.75, 3.05) is 13.2 Å². The first kappa shape index (κ1) is 17.9. The summed E-state index contributed by atoms with van der Waals surface area (Å²) in [5.41, 5.74) is 0.891. The normalized spacial score (nSPS) is 24.6. The van der Waals surface area contributed by atoms with Gasteiger partial charge in [0.1, 0.15) is 11.7 Å². The molecule has 3 unspecified atom stereocenters. The monoisotopic (exact) mass is 369 g/mol. The molecule has 1 aliphatic carbocycles. The molecule has 0 spiro atoms. The van der Waals surface area contributed by atoms with Gasteiger partial charge in [-0.15, -0.1) is 0 Å². The van der Waals surface area contributed by atoms with E-state index in [4.69, 9.17) is 9.47 Å². The molecular weight excluding hydrogens is 346 g/mol. The summed E-state index contributed by atoms with van der Waals surface area (Å²) in [6, 6.07) is 7.05. The second-order valence-electron chi connectivity index (χ2n) is 7.03. The summed E-state index contributed by atoms with van der Waals surface area (Å²) in [6.45, 7) is 1.33. The molecule has 0 aromatic carbocycles. The lowest BCUT2D eigenvalue weighted by molar-refractivity contribution is -0.0598. The number of amides is 1. The maximum atomic E-state index is 13.1. The van der Waals surface area contributed by atoms with E-state index in [1.165, 1.54) is 4.57 Å². The number of rotatable bonds is 4. The van der Waals surface area contributed by atoms with E-state index in [0.29, 0.717) is 19.8 Å². The zero-order valence-electron chi connectivity index (χ0n) is 15.3. The highest BCUT2D eigenvalue weighted by molar-refractivity contribution is 5.94. The number of aromatic nitrogens is 2. The molecule has 1 saturated heterocycles. The van der Waals surface area contributed by atoms with Crippen LogP contribution >= 0.6 is 0 Å². The molecular formula is C20H23N3O4. The van der Waals surface area contributed by atoms with Gasteiger partial charge in [-0.3, -0.25) is 14.6 Å². The molecule has 2 aromatic heterocycles. The second kappa shape index (κ2) is 7.62. The number of nitrogens with zero attached hydrogens (tertiary/aromatic N) is 3. The van der Waals surface area contributed by atoms with Gasteiger partial charge in [-0.05, 0) is 36.6 Å². The van der Waals surface area contributed by atoms with Crippen molar-refractivity contribution in [2.24, 2.45) is 7.05 Å². The Bertz CT molecular complexity index is 867. The number of aryl methyl sites for hydroxylation is 1. The predicted octanol–water partition coefficient (Wildman–Crippen LogP) is 1.37. The van der Waals surface area contributed by atoms with E-state index in [0.717, 1.165) is 18.4 Å². The fourth-order valence-electron chi connectivity index (χ4n) is 3.95. The van der Waals surface area contributed by atoms with Crippen LogP contribution in [0.2, 0.25) is 0 Å². The van der Waals surface area contributed by atoms with E-state index >= 15 is 0 Å². The number of hydrogen-bond donors (Lipinski definition) is 0. The summed E-state index contributed by atoms with van der Waals surface area (Å²) in [4.78, 5) is 31.4. The third kappa shape index (κ3) is 3.52. The highest BCUT2D eigenvalue weighted by Crippen LogP contribution is 2.33. The quantitative estimate of drug-likeness (QED) is 0.814. The lowest BCUT2D eigenvalue weighted by Gasteiger charge is -2.31. The molecule has 142 valence electrons. The smallest absolute Gasteiger partial charge is 0.263 e. The van der Waals surface area contributed by atoms with Gasteiger partial charge in [0, 0.05) is 32.2 Å². The SMILES string of the molecule is Cn1cccc(C(=O)N2CCOC3CCC2C3OCc2cccnc2)c1=O. The van der Waals surface area contributed by atoms with Crippen LogP contribution in [0.1, 0.15) is 28.8 Å². The topological polar surface area (TPSA) is 73.7 Å². The van der Waals surface area contributed by atoms with Gasteiger partial charge >= 0.3 is 0 Å². The van der Waals surface area contributed by atoms with Crippen molar-refractivity contribution in [3.63, 3.8) is 0 Å². The van der Waals surface area contributed by atoms with Gasteiger partial charge in [-0.25, -0.2) is 0 Å². The molecule has 3 heterocycles. The molecule has 2 aliphatic rings. The summed E-state index contributed by atoms with van der Waals surface area (Å²) in [5, 5.41) is 0. The lowest BCUT2D eigenvalue weighted by atomic mass is 10.1. The molecule has 1 aliphatic heterocycles. The van der Waals surface area contributed by atoms with Crippen LogP contribution < -0.4 is 5.56 Å². The van der Waals surface area contributed by atoms with Gasteiger partial charge in [-0.2, -0.15) is 0 Å². The minimum absolute atomic E-state index is 0.0249. The Morgan fingerprint density at radius 2 is 2.22 bits per heavy atom. The highest BCUT2D eigenvalue weighted by Gasteiger charge is 2.45. The largest absolute Gasteiger partial charge is 0.374 e. The Hall–Kier alpha value is -2.51. The molecule has 1 saturated carbocycles. The molecule has 1 amide bonds. The van der Waals surface area contributed by atoms with Crippen molar-refractivity contribution >= 4 is 5.91 Å². The number of carbonyl (C=O) groups excluding carboxylic acids is 1. The zero-order chi connectivity index (χ0) is 18.8. The van der Waals surface area contributed by atoms with Crippen molar-refractivity contribution in [3.05, 3.63) is 64.3 Å². The van der Waals surface area contributed by atoms with Gasteiger partial charge in [0.25, 0.3) is 11.5 Å². The van der Waals surface area contributed by atoms with Crippen molar-refractivity contribution in [2.45, 2.75) is 37.7 Å². The van der Waals surface area contributed by atoms with E-state index in [1.807, 2.05) is 12.1 Å². The lowest BCUT2D eigenvalue weighted by Crippen LogP contribution is -2.48. The Labute approximate surface area is 157 Å². The summed E-state index contributed by atoms with van der Waals surface area (Å²) in [6.07, 6.45) is 6.57. The van der Waals surface area contributed by atoms with Gasteiger partial charge in [0.2, 0.25) is 0 Å². The predicted molar refractivity (Wildman–Crippen MR) is 98.3 cm³/mol. The van der Waals surface area contributed by atoms with Crippen molar-refractivity contribution in [3.8, 4) is 0 Å². The minimum Gasteiger partial charge on any atom is -0.374 e. The van der Waals surface area contributed by atoms with Crippen LogP contribution in [0.25, 0.3) is 0 Å². The summed E-state index contributed by atoms with van der Waals surface area (Å²) < 4.78 is 13.5. The molecule has 4 rings (SSSR count). The maximum absolute atomic E-state index is 13.1. The minimum atomic E-state index is -0.282. The van der Waals surface area contributed by atoms with Crippen molar-refractivity contribution < 1.29 is 14.3 Å². The number of fused-ring (bicyclic) bond motifs is 2. The van der Waals surface area contributed by atoms with Gasteiger partial charge in [0.15, 0.2) is 0 Å². The molecule has 7 nitrogen and oxygen atoms in total. The first-order valence-electron chi connectivity index (χ1n) is 9.24. The summed E-state index contributed by atoms with van der Waals surface area (Å²) in [5.74, 6) is -0.248. The van der Waals surface area contributed by atoms with Crippen molar-refractivity contribution in [1.82, 2.24) is 14.5 Å². The average Bonchev–Trinajstić information content (AvgIpc) is 2.98. The third-order valence-electron chi connectivity index (χ3n) is 5.34. The number of ether oxygens (including phenoxy) is 2. The van der Waals surface area contributed by atoms with E-state index < -0.39 is 0 Å². The standard InChI is InChI=1S/C20H23N3O4/c1-22-9-3-5-15(19(22)24)20(25)23-10-11-26-17-7-6-16(23)18(17)27-13-14-4-2-8-21-12-14/h2-5,8-9,12,16-18H,6-7,10-11,13H2,1H3. The van der Waals surface area contributed by atoms with E-state index in [2.05, 4.69) is 4.98 Å². The fourth-order valence-corrected chi connectivity index (χ4v) is 3.95. The third-order valence-corrected chi connectivity index (χ3v) is 5.34. The second-order valence-corrected chi connectivity index (χ2v) is 7.03. The fraction of sp³-hybridized carbons (Fsp3) is 0.450. The molecule has 2 bridgehead atoms. The first-order valence-corrected chi connectivity index (χ1v) is 9.24. The Kier molecular flexibility index (Phi) is 5.05. The highest BCUT2D eigenvalue weighted by atomic mass is 16.5. The molecule has 2 aromatic rings. The molecule has 27 heavy (non-hydrogen) atoms. The van der Waals surface area contributed by atoms with Crippen molar-refractivity contribution in [1.29, 1.82) is 0 Å². The molecule has 7 heteroatoms. The molecule has 3 atom stereocenters. The van der Waals surface area contributed by atoms with Crippen LogP contribution in [-0.2, 0) is 23.1 Å². The van der Waals surface area contributed by atoms with Gasteiger partial charge < -0.3 is 18.9 Å². The number of carbonyl (C=O) groups is 1. The van der Waals surface area contributed by atoms with Crippen LogP contribution in [0.4, 0.5) is 0 Å². The van der Waals surface area contributed by atoms with Crippen LogP contribution in [0, 0.1) is 0 Å². The number of hydrogen-bond acceptors (Lipinski definition) is 5.